The Balaban J connectivity index is 1.62. The third-order valence-corrected chi connectivity index (χ3v) is 7.15. The maximum Gasteiger partial charge on any atom is 0.136 e. The van der Waals surface area contributed by atoms with Crippen LogP contribution in [0.25, 0.3) is 0 Å². The average molecular weight is 275 g/mol. The Kier molecular flexibility index (Phi) is 3.62. The molecule has 2 heteroatoms. The summed E-state index contributed by atoms with van der Waals surface area (Å²) in [6.07, 6.45) is 15.3. The summed E-state index contributed by atoms with van der Waals surface area (Å²) in [5.41, 5.74) is 0. The average Bonchev–Trinajstić information content (AvgIpc) is 2.54. The van der Waals surface area contributed by atoms with Gasteiger partial charge in [-0.05, 0) is 68.1 Å². The molecule has 3 saturated carbocycles. The SMILES string of the molecule is O=CC1CCC2C3CCCCC3C3CCCCC3C2N1. The largest absolute Gasteiger partial charge is 0.304 e. The molecule has 1 saturated heterocycles. The van der Waals surface area contributed by atoms with Crippen molar-refractivity contribution >= 4 is 6.29 Å². The molecule has 0 spiro atoms. The molecular weight excluding hydrogens is 246 g/mol. The van der Waals surface area contributed by atoms with Gasteiger partial charge < -0.3 is 10.1 Å². The molecule has 0 radical (unpaired) electrons. The smallest absolute Gasteiger partial charge is 0.136 e. The van der Waals surface area contributed by atoms with Gasteiger partial charge in [-0.2, -0.15) is 0 Å². The Bertz CT molecular complexity index is 354. The van der Waals surface area contributed by atoms with Gasteiger partial charge in [0, 0.05) is 6.04 Å². The highest BCUT2D eigenvalue weighted by molar-refractivity contribution is 5.57. The number of rotatable bonds is 1. The van der Waals surface area contributed by atoms with Gasteiger partial charge in [0.05, 0.1) is 6.04 Å². The monoisotopic (exact) mass is 275 g/mol. The van der Waals surface area contributed by atoms with E-state index >= 15 is 0 Å². The summed E-state index contributed by atoms with van der Waals surface area (Å²) in [7, 11) is 0. The summed E-state index contributed by atoms with van der Waals surface area (Å²) in [5.74, 6) is 4.76. The van der Waals surface area contributed by atoms with Crippen LogP contribution >= 0.6 is 0 Å². The van der Waals surface area contributed by atoms with Gasteiger partial charge in [-0.25, -0.2) is 0 Å². The van der Waals surface area contributed by atoms with Crippen LogP contribution < -0.4 is 5.32 Å². The van der Waals surface area contributed by atoms with Crippen LogP contribution in [0.15, 0.2) is 0 Å². The summed E-state index contributed by atoms with van der Waals surface area (Å²) >= 11 is 0. The summed E-state index contributed by atoms with van der Waals surface area (Å²) in [4.78, 5) is 11.2. The molecule has 0 aromatic carbocycles. The quantitative estimate of drug-likeness (QED) is 0.742. The maximum absolute atomic E-state index is 11.2. The van der Waals surface area contributed by atoms with E-state index in [4.69, 9.17) is 0 Å². The fourth-order valence-corrected chi connectivity index (χ4v) is 6.45. The predicted molar refractivity (Wildman–Crippen MR) is 80.4 cm³/mol. The second-order valence-electron chi connectivity index (χ2n) is 7.90. The van der Waals surface area contributed by atoms with E-state index in [0.717, 1.165) is 36.0 Å². The van der Waals surface area contributed by atoms with E-state index in [2.05, 4.69) is 5.32 Å². The standard InChI is InChI=1S/C18H29NO/c20-11-12-9-10-17-15-7-2-1-5-13(15)14-6-3-4-8-16(14)18(17)19-12/h11-19H,1-10H2. The van der Waals surface area contributed by atoms with Crippen molar-refractivity contribution in [1.29, 1.82) is 0 Å². The highest BCUT2D eigenvalue weighted by Crippen LogP contribution is 2.55. The topological polar surface area (TPSA) is 29.1 Å². The van der Waals surface area contributed by atoms with Crippen molar-refractivity contribution in [2.45, 2.75) is 76.3 Å². The molecule has 1 heterocycles. The minimum atomic E-state index is 0.152. The van der Waals surface area contributed by atoms with E-state index in [1.165, 1.54) is 64.1 Å². The van der Waals surface area contributed by atoms with Gasteiger partial charge in [-0.15, -0.1) is 0 Å². The van der Waals surface area contributed by atoms with Crippen LogP contribution in [0.4, 0.5) is 0 Å². The first-order valence-corrected chi connectivity index (χ1v) is 9.10. The highest BCUT2D eigenvalue weighted by atomic mass is 16.1. The molecule has 4 fully saturated rings. The van der Waals surface area contributed by atoms with Crippen molar-refractivity contribution in [3.8, 4) is 0 Å². The number of aldehydes is 1. The van der Waals surface area contributed by atoms with Gasteiger partial charge >= 0.3 is 0 Å². The van der Waals surface area contributed by atoms with Gasteiger partial charge in [0.2, 0.25) is 0 Å². The van der Waals surface area contributed by atoms with E-state index in [-0.39, 0.29) is 6.04 Å². The molecule has 112 valence electrons. The highest BCUT2D eigenvalue weighted by Gasteiger charge is 2.52. The zero-order valence-electron chi connectivity index (χ0n) is 12.6. The van der Waals surface area contributed by atoms with E-state index in [1.54, 1.807) is 0 Å². The predicted octanol–water partition coefficient (Wildman–Crippen LogP) is 3.55. The molecule has 4 rings (SSSR count). The maximum atomic E-state index is 11.2. The van der Waals surface area contributed by atoms with Gasteiger partial charge in [0.1, 0.15) is 6.29 Å². The van der Waals surface area contributed by atoms with Crippen molar-refractivity contribution in [3.63, 3.8) is 0 Å². The van der Waals surface area contributed by atoms with E-state index in [1.807, 2.05) is 0 Å². The number of fused-ring (bicyclic) bond motifs is 6. The molecule has 4 aliphatic rings. The molecule has 0 bridgehead atoms. The van der Waals surface area contributed by atoms with Crippen molar-refractivity contribution in [2.24, 2.45) is 29.6 Å². The van der Waals surface area contributed by atoms with Crippen LogP contribution in [0, 0.1) is 29.6 Å². The Hall–Kier alpha value is -0.370. The Morgan fingerprint density at radius 2 is 1.15 bits per heavy atom. The normalized spacial score (nSPS) is 51.5. The third-order valence-electron chi connectivity index (χ3n) is 7.15. The van der Waals surface area contributed by atoms with Crippen molar-refractivity contribution in [3.05, 3.63) is 0 Å². The second-order valence-corrected chi connectivity index (χ2v) is 7.90. The molecule has 7 atom stereocenters. The first-order valence-electron chi connectivity index (χ1n) is 9.10. The summed E-state index contributed by atoms with van der Waals surface area (Å²) in [6.45, 7) is 0. The van der Waals surface area contributed by atoms with Crippen LogP contribution in [-0.4, -0.2) is 18.4 Å². The van der Waals surface area contributed by atoms with Crippen molar-refractivity contribution < 1.29 is 4.79 Å². The van der Waals surface area contributed by atoms with E-state index in [0.29, 0.717) is 6.04 Å². The minimum absolute atomic E-state index is 0.152. The molecule has 3 aliphatic carbocycles. The van der Waals surface area contributed by atoms with Crippen molar-refractivity contribution in [2.75, 3.05) is 0 Å². The first kappa shape index (κ1) is 13.3. The molecule has 0 aromatic rings. The Labute approximate surface area is 123 Å². The fraction of sp³-hybridized carbons (Fsp3) is 0.944. The Morgan fingerprint density at radius 1 is 0.650 bits per heavy atom. The Morgan fingerprint density at radius 3 is 1.75 bits per heavy atom. The number of piperidine rings is 1. The summed E-state index contributed by atoms with van der Waals surface area (Å²) in [6, 6.07) is 0.822. The summed E-state index contributed by atoms with van der Waals surface area (Å²) < 4.78 is 0. The van der Waals surface area contributed by atoms with Crippen LogP contribution in [0.1, 0.15) is 64.2 Å². The van der Waals surface area contributed by atoms with E-state index < -0.39 is 0 Å². The van der Waals surface area contributed by atoms with Gasteiger partial charge in [0.15, 0.2) is 0 Å². The first-order chi connectivity index (χ1) is 9.88. The zero-order chi connectivity index (χ0) is 13.5. The molecular formula is C18H29NO. The van der Waals surface area contributed by atoms with Gasteiger partial charge in [0.25, 0.3) is 0 Å². The molecule has 1 N–H and O–H groups in total. The van der Waals surface area contributed by atoms with Crippen LogP contribution in [0.3, 0.4) is 0 Å². The van der Waals surface area contributed by atoms with Crippen molar-refractivity contribution in [1.82, 2.24) is 5.32 Å². The van der Waals surface area contributed by atoms with E-state index in [9.17, 15) is 4.79 Å². The molecule has 7 unspecified atom stereocenters. The third kappa shape index (κ3) is 2.06. The van der Waals surface area contributed by atoms with Crippen LogP contribution in [0.5, 0.6) is 0 Å². The molecule has 2 nitrogen and oxygen atoms in total. The fourth-order valence-electron chi connectivity index (χ4n) is 6.45. The lowest BCUT2D eigenvalue weighted by Gasteiger charge is -2.58. The van der Waals surface area contributed by atoms with Gasteiger partial charge in [-0.1, -0.05) is 25.7 Å². The van der Waals surface area contributed by atoms with Crippen LogP contribution in [0.2, 0.25) is 0 Å². The number of nitrogens with one attached hydrogen (secondary N) is 1. The molecule has 20 heavy (non-hydrogen) atoms. The lowest BCUT2D eigenvalue weighted by atomic mass is 9.51. The number of hydrogen-bond acceptors (Lipinski definition) is 2. The number of carbonyl (C=O) groups is 1. The molecule has 1 aliphatic heterocycles. The molecule has 0 aromatic heterocycles. The summed E-state index contributed by atoms with van der Waals surface area (Å²) in [5, 5.41) is 3.77. The lowest BCUT2D eigenvalue weighted by molar-refractivity contribution is -0.113. The second kappa shape index (κ2) is 5.44. The zero-order valence-corrected chi connectivity index (χ0v) is 12.6. The van der Waals surface area contributed by atoms with Crippen LogP contribution in [-0.2, 0) is 4.79 Å². The number of carbonyl (C=O) groups excluding carboxylic acids is 1. The number of hydrogen-bond donors (Lipinski definition) is 1. The molecule has 0 amide bonds. The lowest BCUT2D eigenvalue weighted by Crippen LogP contribution is -2.61. The van der Waals surface area contributed by atoms with Gasteiger partial charge in [-0.3, -0.25) is 0 Å². The minimum Gasteiger partial charge on any atom is -0.304 e.